The molecule has 0 rings (SSSR count). The summed E-state index contributed by atoms with van der Waals surface area (Å²) < 4.78 is 5.41. The number of nitrogens with zero attached hydrogens (tertiary/aromatic N) is 2. The van der Waals surface area contributed by atoms with Crippen molar-refractivity contribution in [3.63, 3.8) is 0 Å². The number of hydrogen-bond donors (Lipinski definition) is 2. The maximum atomic E-state index is 12.1. The van der Waals surface area contributed by atoms with Gasteiger partial charge in [0.25, 0.3) is 0 Å². The molecule has 0 saturated carbocycles. The van der Waals surface area contributed by atoms with Crippen molar-refractivity contribution >= 4 is 12.1 Å². The number of aliphatic imine (C=N–C) groups is 1. The Hall–Kier alpha value is -1.46. The molecule has 0 radical (unpaired) electrons. The fraction of sp³-hybridized carbons (Fsp3) is 0.867. The zero-order valence-corrected chi connectivity index (χ0v) is 14.5. The molecule has 0 aliphatic rings. The van der Waals surface area contributed by atoms with Crippen LogP contribution in [0.2, 0.25) is 0 Å². The van der Waals surface area contributed by atoms with Gasteiger partial charge < -0.3 is 20.3 Å². The van der Waals surface area contributed by atoms with Crippen LogP contribution >= 0.6 is 0 Å². The summed E-state index contributed by atoms with van der Waals surface area (Å²) in [5.74, 6) is 0.762. The van der Waals surface area contributed by atoms with Crippen LogP contribution in [0.15, 0.2) is 4.99 Å². The molecule has 6 nitrogen and oxygen atoms in total. The first kappa shape index (κ1) is 19.5. The van der Waals surface area contributed by atoms with Crippen LogP contribution < -0.4 is 10.6 Å². The molecule has 0 heterocycles. The first-order chi connectivity index (χ1) is 9.84. The molecule has 0 bridgehead atoms. The third kappa shape index (κ3) is 9.98. The Kier molecular flexibility index (Phi) is 9.58. The Morgan fingerprint density at radius 1 is 1.10 bits per heavy atom. The van der Waals surface area contributed by atoms with E-state index in [9.17, 15) is 4.79 Å². The summed E-state index contributed by atoms with van der Waals surface area (Å²) in [6.07, 6.45) is 1.69. The summed E-state index contributed by atoms with van der Waals surface area (Å²) in [7, 11) is 1.74. The van der Waals surface area contributed by atoms with E-state index in [1.54, 1.807) is 11.9 Å². The lowest BCUT2D eigenvalue weighted by Crippen LogP contribution is -2.44. The molecule has 0 spiro atoms. The van der Waals surface area contributed by atoms with Gasteiger partial charge in [-0.15, -0.1) is 0 Å². The van der Waals surface area contributed by atoms with Gasteiger partial charge in [0.2, 0.25) is 0 Å². The lowest BCUT2D eigenvalue weighted by molar-refractivity contribution is 0.0253. The molecule has 124 valence electrons. The Bertz CT molecular complexity index is 324. The highest BCUT2D eigenvalue weighted by molar-refractivity contribution is 5.79. The smallest absolute Gasteiger partial charge is 0.410 e. The van der Waals surface area contributed by atoms with Crippen molar-refractivity contribution < 1.29 is 9.53 Å². The van der Waals surface area contributed by atoms with Crippen molar-refractivity contribution in [2.75, 3.05) is 33.2 Å². The van der Waals surface area contributed by atoms with E-state index in [-0.39, 0.29) is 6.09 Å². The highest BCUT2D eigenvalue weighted by Gasteiger charge is 2.21. The molecule has 0 aliphatic carbocycles. The zero-order chi connectivity index (χ0) is 16.3. The van der Waals surface area contributed by atoms with Gasteiger partial charge >= 0.3 is 6.09 Å². The molecule has 6 heteroatoms. The quantitative estimate of drug-likeness (QED) is 0.559. The first-order valence-corrected chi connectivity index (χ1v) is 7.76. The van der Waals surface area contributed by atoms with E-state index in [1.165, 1.54) is 0 Å². The molecule has 2 N–H and O–H groups in total. The van der Waals surface area contributed by atoms with Crippen LogP contribution in [0.25, 0.3) is 0 Å². The van der Waals surface area contributed by atoms with E-state index < -0.39 is 5.60 Å². The van der Waals surface area contributed by atoms with Crippen molar-refractivity contribution in [3.05, 3.63) is 0 Å². The predicted octanol–water partition coefficient (Wildman–Crippen LogP) is 2.21. The van der Waals surface area contributed by atoms with E-state index in [2.05, 4.69) is 22.5 Å². The fourth-order valence-electron chi connectivity index (χ4n) is 1.66. The second-order valence-electron chi connectivity index (χ2n) is 5.89. The molecule has 0 atom stereocenters. The largest absolute Gasteiger partial charge is 0.444 e. The van der Waals surface area contributed by atoms with Gasteiger partial charge in [-0.1, -0.05) is 13.8 Å². The summed E-state index contributed by atoms with van der Waals surface area (Å²) in [6, 6.07) is 0. The number of carbonyl (C=O) groups excluding carboxylic acids is 1. The highest BCUT2D eigenvalue weighted by atomic mass is 16.6. The second kappa shape index (κ2) is 10.3. The van der Waals surface area contributed by atoms with Crippen LogP contribution in [0.3, 0.4) is 0 Å². The van der Waals surface area contributed by atoms with Gasteiger partial charge in [-0.3, -0.25) is 4.99 Å². The molecule has 21 heavy (non-hydrogen) atoms. The van der Waals surface area contributed by atoms with E-state index >= 15 is 0 Å². The van der Waals surface area contributed by atoms with Crippen LogP contribution in [0, 0.1) is 0 Å². The minimum Gasteiger partial charge on any atom is -0.444 e. The lowest BCUT2D eigenvalue weighted by atomic mass is 10.2. The maximum Gasteiger partial charge on any atom is 0.410 e. The Balaban J connectivity index is 4.29. The summed E-state index contributed by atoms with van der Waals surface area (Å²) in [4.78, 5) is 18.0. The van der Waals surface area contributed by atoms with Crippen LogP contribution in [-0.2, 0) is 4.74 Å². The highest BCUT2D eigenvalue weighted by Crippen LogP contribution is 2.09. The van der Waals surface area contributed by atoms with Crippen LogP contribution in [0.4, 0.5) is 4.79 Å². The zero-order valence-electron chi connectivity index (χ0n) is 14.5. The summed E-state index contributed by atoms with van der Waals surface area (Å²) >= 11 is 0. The number of carbonyl (C=O) groups is 1. The van der Waals surface area contributed by atoms with Crippen molar-refractivity contribution in [2.24, 2.45) is 4.99 Å². The average molecular weight is 300 g/mol. The van der Waals surface area contributed by atoms with Crippen molar-refractivity contribution in [1.29, 1.82) is 0 Å². The van der Waals surface area contributed by atoms with Crippen LogP contribution in [0.1, 0.15) is 47.5 Å². The Morgan fingerprint density at radius 3 is 2.19 bits per heavy atom. The minimum absolute atomic E-state index is 0.261. The molecule has 0 aliphatic heterocycles. The lowest BCUT2D eigenvalue weighted by Gasteiger charge is -2.27. The summed E-state index contributed by atoms with van der Waals surface area (Å²) in [5.41, 5.74) is -0.463. The Labute approximate surface area is 129 Å². The van der Waals surface area contributed by atoms with E-state index in [0.29, 0.717) is 19.6 Å². The molecule has 0 unspecified atom stereocenters. The number of rotatable bonds is 7. The average Bonchev–Trinajstić information content (AvgIpc) is 2.39. The summed E-state index contributed by atoms with van der Waals surface area (Å²) in [5, 5.41) is 6.40. The molecule has 1 amide bonds. The van der Waals surface area contributed by atoms with Gasteiger partial charge in [-0.05, 0) is 33.6 Å². The molecule has 0 aromatic rings. The van der Waals surface area contributed by atoms with Gasteiger partial charge in [-0.25, -0.2) is 4.79 Å². The molecule has 0 saturated heterocycles. The van der Waals surface area contributed by atoms with E-state index in [4.69, 9.17) is 4.74 Å². The molecule has 0 fully saturated rings. The topological polar surface area (TPSA) is 66.0 Å². The molecular weight excluding hydrogens is 268 g/mol. The minimum atomic E-state index is -0.463. The summed E-state index contributed by atoms with van der Waals surface area (Å²) in [6.45, 7) is 12.6. The number of nitrogens with one attached hydrogen (secondary N) is 2. The van der Waals surface area contributed by atoms with E-state index in [0.717, 1.165) is 25.3 Å². The van der Waals surface area contributed by atoms with Crippen LogP contribution in [0.5, 0.6) is 0 Å². The van der Waals surface area contributed by atoms with Crippen molar-refractivity contribution in [1.82, 2.24) is 15.5 Å². The fourth-order valence-corrected chi connectivity index (χ4v) is 1.66. The first-order valence-electron chi connectivity index (χ1n) is 7.76. The number of guanidine groups is 1. The number of hydrogen-bond acceptors (Lipinski definition) is 3. The van der Waals surface area contributed by atoms with Gasteiger partial charge in [0, 0.05) is 33.2 Å². The van der Waals surface area contributed by atoms with Gasteiger partial charge in [0.05, 0.1) is 0 Å². The van der Waals surface area contributed by atoms with Gasteiger partial charge in [0.1, 0.15) is 5.60 Å². The number of amides is 1. The predicted molar refractivity (Wildman–Crippen MR) is 87.8 cm³/mol. The SMILES string of the molecule is CCCNC(=NC)NCCN(CCC)C(=O)OC(C)(C)C. The van der Waals surface area contributed by atoms with Crippen molar-refractivity contribution in [3.8, 4) is 0 Å². The maximum absolute atomic E-state index is 12.1. The molecular formula is C15H32N4O2. The molecule has 0 aromatic heterocycles. The monoisotopic (exact) mass is 300 g/mol. The molecule has 0 aromatic carbocycles. The van der Waals surface area contributed by atoms with E-state index in [1.807, 2.05) is 27.7 Å². The third-order valence-corrected chi connectivity index (χ3v) is 2.59. The van der Waals surface area contributed by atoms with Gasteiger partial charge in [-0.2, -0.15) is 0 Å². The standard InChI is InChI=1S/C15H32N4O2/c1-7-9-17-13(16-6)18-10-12-19(11-8-2)14(20)21-15(3,4)5/h7-12H2,1-6H3,(H2,16,17,18). The van der Waals surface area contributed by atoms with Gasteiger partial charge in [0.15, 0.2) is 5.96 Å². The normalized spacial score (nSPS) is 12.0. The van der Waals surface area contributed by atoms with Crippen molar-refractivity contribution in [2.45, 2.75) is 53.1 Å². The number of ether oxygens (including phenoxy) is 1. The Morgan fingerprint density at radius 2 is 1.71 bits per heavy atom. The van der Waals surface area contributed by atoms with Crippen LogP contribution in [-0.4, -0.2) is 55.8 Å². The third-order valence-electron chi connectivity index (χ3n) is 2.59. The second-order valence-corrected chi connectivity index (χ2v) is 5.89.